The molecule has 0 spiro atoms. The molecule has 0 bridgehead atoms. The van der Waals surface area contributed by atoms with Crippen LogP contribution < -0.4 is 9.47 Å². The van der Waals surface area contributed by atoms with Gasteiger partial charge in [0.15, 0.2) is 0 Å². The molecule has 0 unspecified atom stereocenters. The molecule has 0 heterocycles. The average molecular weight is 165 g/mol. The Kier molecular flexibility index (Phi) is 3.45. The van der Waals surface area contributed by atoms with E-state index in [1.54, 1.807) is 6.61 Å². The Balaban J connectivity index is 2.58. The molecule has 0 fully saturated rings. The van der Waals surface area contributed by atoms with Gasteiger partial charge in [-0.15, -0.1) is 0 Å². The van der Waals surface area contributed by atoms with E-state index < -0.39 is 0 Å². The summed E-state index contributed by atoms with van der Waals surface area (Å²) < 4.78 is 10.4. The van der Waals surface area contributed by atoms with Gasteiger partial charge in [-0.05, 0) is 31.2 Å². The SMILES string of the molecule is C[CH-]Oc1ccc(OCC)cc1. The van der Waals surface area contributed by atoms with Crippen LogP contribution in [0.25, 0.3) is 0 Å². The van der Waals surface area contributed by atoms with Gasteiger partial charge >= 0.3 is 0 Å². The first-order valence-corrected chi connectivity index (χ1v) is 4.04. The highest BCUT2D eigenvalue weighted by molar-refractivity contribution is 5.31. The Labute approximate surface area is 73.1 Å². The van der Waals surface area contributed by atoms with Crippen molar-refractivity contribution in [3.8, 4) is 11.5 Å². The van der Waals surface area contributed by atoms with E-state index in [1.165, 1.54) is 0 Å². The second kappa shape index (κ2) is 4.65. The molecule has 0 radical (unpaired) electrons. The van der Waals surface area contributed by atoms with E-state index in [-0.39, 0.29) is 0 Å². The molecule has 0 saturated carbocycles. The standard InChI is InChI=1S/C10H13O2/c1-3-11-9-5-7-10(8-6-9)12-4-2/h3,5-8H,4H2,1-2H3/q-1. The summed E-state index contributed by atoms with van der Waals surface area (Å²) in [6.07, 6.45) is 0. The first-order chi connectivity index (χ1) is 5.86. The highest BCUT2D eigenvalue weighted by atomic mass is 16.5. The van der Waals surface area contributed by atoms with Crippen LogP contribution in [0.5, 0.6) is 11.5 Å². The van der Waals surface area contributed by atoms with Crippen molar-refractivity contribution in [1.29, 1.82) is 0 Å². The van der Waals surface area contributed by atoms with Gasteiger partial charge in [-0.25, -0.2) is 0 Å². The van der Waals surface area contributed by atoms with Crippen molar-refractivity contribution in [2.24, 2.45) is 0 Å². The van der Waals surface area contributed by atoms with Crippen LogP contribution >= 0.6 is 0 Å². The summed E-state index contributed by atoms with van der Waals surface area (Å²) >= 11 is 0. The summed E-state index contributed by atoms with van der Waals surface area (Å²) in [5.74, 6) is 1.71. The summed E-state index contributed by atoms with van der Waals surface area (Å²) in [6, 6.07) is 7.54. The lowest BCUT2D eigenvalue weighted by Crippen LogP contribution is -1.91. The van der Waals surface area contributed by atoms with Crippen LogP contribution in [0.1, 0.15) is 13.8 Å². The minimum absolute atomic E-state index is 0.695. The number of hydrogen-bond donors (Lipinski definition) is 0. The molecule has 0 aliphatic carbocycles. The molecule has 2 heteroatoms. The fourth-order valence-electron chi connectivity index (χ4n) is 0.917. The first kappa shape index (κ1) is 8.91. The Morgan fingerprint density at radius 2 is 1.75 bits per heavy atom. The molecule has 0 saturated heterocycles. The normalized spacial score (nSPS) is 9.50. The highest BCUT2D eigenvalue weighted by Crippen LogP contribution is 2.17. The third-order valence-electron chi connectivity index (χ3n) is 1.39. The maximum absolute atomic E-state index is 5.27. The maximum Gasteiger partial charge on any atom is 0.119 e. The van der Waals surface area contributed by atoms with Crippen LogP contribution in [0, 0.1) is 6.61 Å². The van der Waals surface area contributed by atoms with Gasteiger partial charge in [0.25, 0.3) is 0 Å². The number of ether oxygens (including phenoxy) is 2. The number of hydrogen-bond acceptors (Lipinski definition) is 2. The lowest BCUT2D eigenvalue weighted by atomic mass is 10.3. The van der Waals surface area contributed by atoms with Gasteiger partial charge in [0.1, 0.15) is 5.75 Å². The predicted octanol–water partition coefficient (Wildman–Crippen LogP) is 2.65. The van der Waals surface area contributed by atoms with E-state index >= 15 is 0 Å². The van der Waals surface area contributed by atoms with Crippen molar-refractivity contribution in [2.75, 3.05) is 6.61 Å². The van der Waals surface area contributed by atoms with Crippen molar-refractivity contribution < 1.29 is 9.47 Å². The van der Waals surface area contributed by atoms with Crippen molar-refractivity contribution in [3.05, 3.63) is 30.9 Å². The molecule has 0 amide bonds. The molecule has 0 N–H and O–H groups in total. The second-order valence-electron chi connectivity index (χ2n) is 2.26. The molecule has 0 aliphatic heterocycles. The Morgan fingerprint density at radius 1 is 1.17 bits per heavy atom. The van der Waals surface area contributed by atoms with Gasteiger partial charge in [-0.3, -0.25) is 0 Å². The predicted molar refractivity (Wildman–Crippen MR) is 48.2 cm³/mol. The molecule has 0 aromatic heterocycles. The third kappa shape index (κ3) is 2.46. The van der Waals surface area contributed by atoms with Crippen LogP contribution in [0.15, 0.2) is 24.3 Å². The van der Waals surface area contributed by atoms with Crippen LogP contribution in [-0.4, -0.2) is 6.61 Å². The minimum Gasteiger partial charge on any atom is -0.663 e. The monoisotopic (exact) mass is 165 g/mol. The fourth-order valence-corrected chi connectivity index (χ4v) is 0.917. The van der Waals surface area contributed by atoms with Crippen LogP contribution in [0.3, 0.4) is 0 Å². The molecule has 0 aliphatic rings. The molecule has 1 rings (SSSR count). The zero-order chi connectivity index (χ0) is 8.81. The molecule has 2 nitrogen and oxygen atoms in total. The van der Waals surface area contributed by atoms with E-state index in [1.807, 2.05) is 38.1 Å². The van der Waals surface area contributed by atoms with Gasteiger partial charge in [-0.1, -0.05) is 0 Å². The van der Waals surface area contributed by atoms with E-state index in [0.717, 1.165) is 11.5 Å². The van der Waals surface area contributed by atoms with Gasteiger partial charge in [0.2, 0.25) is 0 Å². The third-order valence-corrected chi connectivity index (χ3v) is 1.39. The summed E-state index contributed by atoms with van der Waals surface area (Å²) in [7, 11) is 0. The Bertz CT molecular complexity index is 191. The summed E-state index contributed by atoms with van der Waals surface area (Å²) in [4.78, 5) is 0. The number of benzene rings is 1. The quantitative estimate of drug-likeness (QED) is 0.638. The van der Waals surface area contributed by atoms with Gasteiger partial charge in [0, 0.05) is 0 Å². The van der Waals surface area contributed by atoms with Crippen LogP contribution in [0.2, 0.25) is 0 Å². The van der Waals surface area contributed by atoms with Gasteiger partial charge in [-0.2, -0.15) is 13.5 Å². The zero-order valence-electron chi connectivity index (χ0n) is 7.41. The van der Waals surface area contributed by atoms with Crippen molar-refractivity contribution in [3.63, 3.8) is 0 Å². The van der Waals surface area contributed by atoms with Crippen molar-refractivity contribution in [2.45, 2.75) is 13.8 Å². The number of rotatable bonds is 4. The molecular formula is C10H13O2-. The first-order valence-electron chi connectivity index (χ1n) is 4.04. The largest absolute Gasteiger partial charge is 0.663 e. The molecular weight excluding hydrogens is 152 g/mol. The Hall–Kier alpha value is -1.18. The molecule has 1 aromatic carbocycles. The second-order valence-corrected chi connectivity index (χ2v) is 2.26. The molecule has 66 valence electrons. The van der Waals surface area contributed by atoms with E-state index in [0.29, 0.717) is 6.61 Å². The van der Waals surface area contributed by atoms with Gasteiger partial charge in [0.05, 0.1) is 12.4 Å². The molecule has 0 atom stereocenters. The lowest BCUT2D eigenvalue weighted by molar-refractivity contribution is 0.339. The van der Waals surface area contributed by atoms with Gasteiger partial charge < -0.3 is 9.47 Å². The lowest BCUT2D eigenvalue weighted by Gasteiger charge is -2.12. The summed E-state index contributed by atoms with van der Waals surface area (Å²) in [5, 5.41) is 0. The van der Waals surface area contributed by atoms with Crippen LogP contribution in [0.4, 0.5) is 0 Å². The fraction of sp³-hybridized carbons (Fsp3) is 0.300. The summed E-state index contributed by atoms with van der Waals surface area (Å²) in [5.41, 5.74) is 0. The molecule has 1 aromatic rings. The van der Waals surface area contributed by atoms with E-state index in [9.17, 15) is 0 Å². The van der Waals surface area contributed by atoms with Crippen LogP contribution in [-0.2, 0) is 0 Å². The van der Waals surface area contributed by atoms with Crippen molar-refractivity contribution >= 4 is 0 Å². The van der Waals surface area contributed by atoms with E-state index in [2.05, 4.69) is 0 Å². The topological polar surface area (TPSA) is 18.5 Å². The highest BCUT2D eigenvalue weighted by Gasteiger charge is 1.90. The van der Waals surface area contributed by atoms with Crippen molar-refractivity contribution in [1.82, 2.24) is 0 Å². The smallest absolute Gasteiger partial charge is 0.119 e. The van der Waals surface area contributed by atoms with E-state index in [4.69, 9.17) is 9.47 Å². The maximum atomic E-state index is 5.27. The summed E-state index contributed by atoms with van der Waals surface area (Å²) in [6.45, 7) is 6.15. The Morgan fingerprint density at radius 3 is 2.25 bits per heavy atom. The minimum atomic E-state index is 0.695. The average Bonchev–Trinajstić information content (AvgIpc) is 2.09. The zero-order valence-corrected chi connectivity index (χ0v) is 7.41. The molecule has 12 heavy (non-hydrogen) atoms.